The Hall–Kier alpha value is -11.9. The first-order valence-corrected chi connectivity index (χ1v) is 46.8. The number of hydrogen-bond donors (Lipinski definition) is 3. The zero-order chi connectivity index (χ0) is 90.4. The monoisotopic (exact) mass is 1850 g/mol. The molecule has 6 bridgehead atoms. The van der Waals surface area contributed by atoms with Crippen molar-refractivity contribution in [2.75, 3.05) is 113 Å². The largest absolute Gasteiger partial charge is 0.384 e. The van der Waals surface area contributed by atoms with E-state index in [0.29, 0.717) is 167 Å². The molecule has 3 saturated heterocycles. The average Bonchev–Trinajstić information content (AvgIpc) is 1.68. The number of piperazine rings is 3. The molecule has 0 unspecified atom stereocenters. The van der Waals surface area contributed by atoms with E-state index in [1.807, 2.05) is 81.4 Å². The molecule has 12 aromatic rings. The summed E-state index contributed by atoms with van der Waals surface area (Å²) in [6.45, 7) is 29.8. The van der Waals surface area contributed by atoms with E-state index in [4.69, 9.17) is 49.8 Å². The molecule has 3 amide bonds. The Morgan fingerprint density at radius 1 is 0.442 bits per heavy atom. The number of nitrogens with zero attached hydrogens (tertiary/aromatic N) is 18. The van der Waals surface area contributed by atoms with Crippen molar-refractivity contribution in [1.82, 2.24) is 73.3 Å². The van der Waals surface area contributed by atoms with Crippen LogP contribution >= 0.6 is 70.1 Å². The van der Waals surface area contributed by atoms with Gasteiger partial charge in [0.25, 0.3) is 0 Å². The third kappa shape index (κ3) is 16.1. The van der Waals surface area contributed by atoms with Gasteiger partial charge < -0.3 is 45.3 Å². The second kappa shape index (κ2) is 35.9. The zero-order valence-electron chi connectivity index (χ0n) is 71.5. The molecule has 15 heterocycles. The van der Waals surface area contributed by atoms with Crippen LogP contribution in [0, 0.1) is 17.5 Å². The lowest BCUT2D eigenvalue weighted by Crippen LogP contribution is -2.54. The van der Waals surface area contributed by atoms with E-state index in [1.54, 1.807) is 113 Å². The van der Waals surface area contributed by atoms with Crippen LogP contribution in [0.15, 0.2) is 177 Å². The van der Waals surface area contributed by atoms with Crippen LogP contribution < -0.4 is 47.7 Å². The number of carbonyl (C=O) groups excluding carboxylic acids is 3. The van der Waals surface area contributed by atoms with Gasteiger partial charge in [0, 0.05) is 139 Å². The number of anilines is 6. The second-order valence-corrected chi connectivity index (χ2v) is 37.9. The molecular formula is C93H89Cl3F3N21O6S3. The van der Waals surface area contributed by atoms with Crippen LogP contribution in [-0.4, -0.2) is 204 Å². The highest BCUT2D eigenvalue weighted by atomic mass is 35.5. The van der Waals surface area contributed by atoms with Crippen molar-refractivity contribution in [3.63, 3.8) is 0 Å². The minimum atomic E-state index is -0.527. The number of pyridine rings is 6. The van der Waals surface area contributed by atoms with Gasteiger partial charge in [-0.3, -0.25) is 29.3 Å². The molecule has 9 aromatic heterocycles. The van der Waals surface area contributed by atoms with Gasteiger partial charge in [0.15, 0.2) is 16.9 Å². The van der Waals surface area contributed by atoms with Crippen molar-refractivity contribution in [2.24, 2.45) is 0 Å². The first kappa shape index (κ1) is 87.8. The second-order valence-electron chi connectivity index (χ2n) is 33.3. The maximum absolute atomic E-state index is 15.5. The van der Waals surface area contributed by atoms with Gasteiger partial charge in [-0.1, -0.05) is 114 Å². The molecule has 0 radical (unpaired) electrons. The highest BCUT2D eigenvalue weighted by molar-refractivity contribution is 8.00. The zero-order valence-corrected chi connectivity index (χ0v) is 76.2. The molecule has 2 aliphatic carbocycles. The summed E-state index contributed by atoms with van der Waals surface area (Å²) >= 11 is 25.5. The molecule has 0 spiro atoms. The number of nitrogens with one attached hydrogen (secondary N) is 3. The molecule has 2 saturated carbocycles. The van der Waals surface area contributed by atoms with Crippen LogP contribution in [0.4, 0.5) is 47.7 Å². The first-order chi connectivity index (χ1) is 62.2. The van der Waals surface area contributed by atoms with Gasteiger partial charge in [0.1, 0.15) is 34.9 Å². The Morgan fingerprint density at radius 2 is 0.767 bits per heavy atom. The summed E-state index contributed by atoms with van der Waals surface area (Å²) in [6, 6.07) is 25.2. The van der Waals surface area contributed by atoms with Crippen molar-refractivity contribution < 1.29 is 27.6 Å². The molecule has 36 heteroatoms. The van der Waals surface area contributed by atoms with Gasteiger partial charge >= 0.3 is 17.1 Å². The predicted molar refractivity (Wildman–Crippen MR) is 506 cm³/mol. The van der Waals surface area contributed by atoms with E-state index in [2.05, 4.69) is 75.4 Å². The lowest BCUT2D eigenvalue weighted by Gasteiger charge is -2.40. The Morgan fingerprint density at radius 3 is 1.09 bits per heavy atom. The lowest BCUT2D eigenvalue weighted by molar-refractivity contribution is -0.127. The van der Waals surface area contributed by atoms with Crippen LogP contribution in [0.25, 0.3) is 83.9 Å². The fourth-order valence-electron chi connectivity index (χ4n) is 18.2. The Bertz CT molecular complexity index is 6280. The number of thioether (sulfide) groups is 3. The van der Waals surface area contributed by atoms with Crippen LogP contribution in [0.5, 0.6) is 0 Å². The van der Waals surface area contributed by atoms with Crippen LogP contribution in [0.3, 0.4) is 0 Å². The minimum absolute atomic E-state index is 0.00385. The molecule has 20 rings (SSSR count). The summed E-state index contributed by atoms with van der Waals surface area (Å²) in [4.78, 5) is 137. The van der Waals surface area contributed by atoms with Crippen LogP contribution in [0.1, 0.15) is 96.1 Å². The lowest BCUT2D eigenvalue weighted by atomic mass is 10.1. The fraction of sp³-hybridized carbons (Fsp3) is 0.323. The standard InChI is InChI=1S/2C31H29ClFN7O2S.C31H31ClFN7O2S/c2*1-4-24(41)38-11-12-39(22-15-21(22)38)29-17-14-18(32)27-25-19(33)6-5-7-20(25)34-10-13-43-23-8-9-35-26(16(2)3)28(23)40(30(17)36-27)31(42)37-29;1-5-24(41)38-12-13-39(18(4)16-38)29-19-15-20(32)27-25-21(33)7-6-8-22(25)34-11-14-43-23-9-10-35-26(17(2)3)28(23)40(30(19)36-27)31(42)37-29/h2*4-9,14,16,21-22,34H,1,10-13,15H2,2-3H3;5-10,15,17-18,34H,1,11-14,16H2,2-4H3/t2*21-,22+;18-/m101/s1. The molecule has 27 nitrogen and oxygen atoms in total. The topological polar surface area (TPSA) is 289 Å². The Kier molecular flexibility index (Phi) is 24.4. The summed E-state index contributed by atoms with van der Waals surface area (Å²) in [5.41, 5.74) is 6.56. The molecule has 5 atom stereocenters. The number of fused-ring (bicyclic) bond motifs is 17. The van der Waals surface area contributed by atoms with Gasteiger partial charge in [-0.25, -0.2) is 56.2 Å². The summed E-state index contributed by atoms with van der Waals surface area (Å²) in [5, 5.41) is 12.4. The van der Waals surface area contributed by atoms with Crippen molar-refractivity contribution in [3.8, 4) is 50.8 Å². The van der Waals surface area contributed by atoms with E-state index in [-0.39, 0.29) is 115 Å². The maximum atomic E-state index is 15.5. The number of carbonyl (C=O) groups is 3. The third-order valence-corrected chi connectivity index (χ3v) is 28.3. The highest BCUT2D eigenvalue weighted by Crippen LogP contribution is 2.49. The van der Waals surface area contributed by atoms with E-state index in [0.717, 1.165) is 44.6 Å². The van der Waals surface area contributed by atoms with E-state index in [1.165, 1.54) is 50.1 Å². The maximum Gasteiger partial charge on any atom is 0.355 e. The number of halogens is 6. The van der Waals surface area contributed by atoms with Gasteiger partial charge in [-0.15, -0.1) is 35.3 Å². The summed E-state index contributed by atoms with van der Waals surface area (Å²) in [6.07, 6.45) is 10.8. The Balaban J connectivity index is 0.000000130. The van der Waals surface area contributed by atoms with Gasteiger partial charge in [0.2, 0.25) is 17.7 Å². The molecule has 3 aromatic carbocycles. The normalized spacial score (nSPS) is 18.4. The van der Waals surface area contributed by atoms with Crippen molar-refractivity contribution in [2.45, 2.75) is 124 Å². The van der Waals surface area contributed by atoms with Gasteiger partial charge in [-0.05, 0) is 129 Å². The molecule has 662 valence electrons. The number of benzene rings is 3. The van der Waals surface area contributed by atoms with Crippen molar-refractivity contribution in [3.05, 3.63) is 229 Å². The summed E-state index contributed by atoms with van der Waals surface area (Å²) in [7, 11) is 0. The number of rotatable bonds is 9. The molecular weight excluding hydrogens is 1770 g/mol. The van der Waals surface area contributed by atoms with Crippen molar-refractivity contribution >= 4 is 155 Å². The fourth-order valence-corrected chi connectivity index (χ4v) is 21.7. The molecule has 6 aliphatic heterocycles. The van der Waals surface area contributed by atoms with E-state index in [9.17, 15) is 28.8 Å². The SMILES string of the molecule is C=CC(=O)N1CCN(c2nc(=O)n3c4nc(c(Cl)cc24)-c2c(F)cccc2NCCSc2ccnc(C(C)C)c2-3)[C@@H]2C[C@@H]21.C=CC(=O)N1CCN(c2nc(=O)n3c4nc(c(Cl)cc24)-c2c(F)cccc2NCCSc2ccnc(C(C)C)c2-3)[C@H](C)C1.C=CC(=O)N1CCN(c2nc(=O)n3c4nc(c(Cl)cc24)-c2c(F)cccc2NCCSc2ccnc(C(C)C)c2-3)[C@H]2C[C@H]21. The van der Waals surface area contributed by atoms with Crippen molar-refractivity contribution in [1.29, 1.82) is 0 Å². The third-order valence-electron chi connectivity index (χ3n) is 24.3. The van der Waals surface area contributed by atoms with Crippen LogP contribution in [0.2, 0.25) is 15.1 Å². The van der Waals surface area contributed by atoms with Crippen LogP contribution in [-0.2, 0) is 14.4 Å². The first-order valence-electron chi connectivity index (χ1n) is 42.7. The minimum Gasteiger partial charge on any atom is -0.384 e. The molecule has 8 aliphatic rings. The van der Waals surface area contributed by atoms with Gasteiger partial charge in [0.05, 0.1) is 123 Å². The van der Waals surface area contributed by atoms with Gasteiger partial charge in [-0.2, -0.15) is 15.0 Å². The molecule has 129 heavy (non-hydrogen) atoms. The molecule has 3 N–H and O–H groups in total. The smallest absolute Gasteiger partial charge is 0.355 e. The average molecular weight is 1860 g/mol. The Labute approximate surface area is 767 Å². The van der Waals surface area contributed by atoms with E-state index < -0.39 is 34.5 Å². The van der Waals surface area contributed by atoms with E-state index >= 15 is 13.2 Å². The quantitative estimate of drug-likeness (QED) is 0.113. The number of hydrogen-bond acceptors (Lipinski definition) is 24. The molecule has 5 fully saturated rings. The highest BCUT2D eigenvalue weighted by Gasteiger charge is 2.53. The number of aromatic nitrogens is 12. The predicted octanol–water partition coefficient (Wildman–Crippen LogP) is 16.0. The summed E-state index contributed by atoms with van der Waals surface area (Å²) in [5.74, 6) is 1.49. The number of amides is 3. The summed E-state index contributed by atoms with van der Waals surface area (Å²) < 4.78 is 51.0.